The molecule has 0 aliphatic rings. The first-order valence-corrected chi connectivity index (χ1v) is 9.81. The SMILES string of the molecule is Cc1ccc(OCc2nc(CC(=O)OC(C)C(=O)NCC(C)C)cs2)cc1. The van der Waals surface area contributed by atoms with Crippen LogP contribution in [0.5, 0.6) is 5.75 Å². The van der Waals surface area contributed by atoms with Crippen molar-refractivity contribution in [3.8, 4) is 5.75 Å². The number of benzene rings is 1. The van der Waals surface area contributed by atoms with Crippen LogP contribution in [0.1, 0.15) is 37.0 Å². The third-order valence-corrected chi connectivity index (χ3v) is 4.54. The highest BCUT2D eigenvalue weighted by Gasteiger charge is 2.18. The Bertz CT molecular complexity index is 756. The van der Waals surface area contributed by atoms with Crippen LogP contribution in [0.25, 0.3) is 0 Å². The molecular formula is C20H26N2O4S. The van der Waals surface area contributed by atoms with Crippen LogP contribution < -0.4 is 10.1 Å². The predicted molar refractivity (Wildman–Crippen MR) is 105 cm³/mol. The van der Waals surface area contributed by atoms with Crippen molar-refractivity contribution in [2.75, 3.05) is 6.54 Å². The van der Waals surface area contributed by atoms with Crippen molar-refractivity contribution in [1.29, 1.82) is 0 Å². The molecule has 0 saturated carbocycles. The zero-order chi connectivity index (χ0) is 19.8. The normalized spacial score (nSPS) is 11.9. The molecule has 1 aromatic carbocycles. The van der Waals surface area contributed by atoms with Gasteiger partial charge in [-0.05, 0) is 31.9 Å². The summed E-state index contributed by atoms with van der Waals surface area (Å²) in [5.74, 6) is 0.353. The molecule has 7 heteroatoms. The third kappa shape index (κ3) is 7.38. The number of hydrogen-bond donors (Lipinski definition) is 1. The van der Waals surface area contributed by atoms with Gasteiger partial charge in [0.2, 0.25) is 0 Å². The van der Waals surface area contributed by atoms with E-state index in [4.69, 9.17) is 9.47 Å². The maximum Gasteiger partial charge on any atom is 0.312 e. The highest BCUT2D eigenvalue weighted by Crippen LogP contribution is 2.16. The van der Waals surface area contributed by atoms with Crippen molar-refractivity contribution < 1.29 is 19.1 Å². The number of amides is 1. The zero-order valence-corrected chi connectivity index (χ0v) is 17.0. The standard InChI is InChI=1S/C20H26N2O4S/c1-13(2)10-21-20(24)15(4)26-19(23)9-16-12-27-18(22-16)11-25-17-7-5-14(3)6-8-17/h5-8,12-13,15H,9-11H2,1-4H3,(H,21,24). The lowest BCUT2D eigenvalue weighted by molar-refractivity contribution is -0.154. The van der Waals surface area contributed by atoms with Crippen molar-refractivity contribution in [3.05, 3.63) is 45.9 Å². The topological polar surface area (TPSA) is 77.5 Å². The first kappa shape index (κ1) is 20.9. The highest BCUT2D eigenvalue weighted by molar-refractivity contribution is 7.09. The van der Waals surface area contributed by atoms with Gasteiger partial charge in [-0.1, -0.05) is 31.5 Å². The second kappa shape index (κ2) is 10.1. The molecule has 0 saturated heterocycles. The fourth-order valence-corrected chi connectivity index (χ4v) is 2.87. The van der Waals surface area contributed by atoms with Gasteiger partial charge in [0.15, 0.2) is 6.10 Å². The fourth-order valence-electron chi connectivity index (χ4n) is 2.16. The maximum atomic E-state index is 12.0. The summed E-state index contributed by atoms with van der Waals surface area (Å²) < 4.78 is 10.9. The molecule has 1 amide bonds. The molecule has 2 aromatic rings. The van der Waals surface area contributed by atoms with Gasteiger partial charge in [-0.3, -0.25) is 9.59 Å². The monoisotopic (exact) mass is 390 g/mol. The van der Waals surface area contributed by atoms with Gasteiger partial charge in [0, 0.05) is 11.9 Å². The lowest BCUT2D eigenvalue weighted by atomic mass is 10.2. The number of rotatable bonds is 9. The Morgan fingerprint density at radius 3 is 2.56 bits per heavy atom. The summed E-state index contributed by atoms with van der Waals surface area (Å²) in [5.41, 5.74) is 1.78. The molecule has 0 aliphatic carbocycles. The maximum absolute atomic E-state index is 12.0. The molecule has 0 radical (unpaired) electrons. The number of aromatic nitrogens is 1. The molecule has 6 nitrogen and oxygen atoms in total. The quantitative estimate of drug-likeness (QED) is 0.665. The molecule has 0 spiro atoms. The zero-order valence-electron chi connectivity index (χ0n) is 16.2. The molecule has 0 aliphatic heterocycles. The number of nitrogens with one attached hydrogen (secondary N) is 1. The van der Waals surface area contributed by atoms with Crippen molar-refractivity contribution in [2.45, 2.75) is 46.8 Å². The van der Waals surface area contributed by atoms with E-state index in [1.54, 1.807) is 12.3 Å². The average Bonchev–Trinajstić information content (AvgIpc) is 3.06. The van der Waals surface area contributed by atoms with Gasteiger partial charge in [0.1, 0.15) is 17.4 Å². The molecule has 1 atom stereocenters. The number of nitrogens with zero attached hydrogens (tertiary/aromatic N) is 1. The van der Waals surface area contributed by atoms with Crippen LogP contribution in [0.15, 0.2) is 29.6 Å². The van der Waals surface area contributed by atoms with Crippen molar-refractivity contribution in [2.24, 2.45) is 5.92 Å². The van der Waals surface area contributed by atoms with E-state index < -0.39 is 12.1 Å². The predicted octanol–water partition coefficient (Wildman–Crippen LogP) is 3.28. The first-order chi connectivity index (χ1) is 12.8. The Hall–Kier alpha value is -2.41. The summed E-state index contributed by atoms with van der Waals surface area (Å²) in [6, 6.07) is 7.79. The number of carbonyl (C=O) groups excluding carboxylic acids is 2. The van der Waals surface area contributed by atoms with Crippen LogP contribution >= 0.6 is 11.3 Å². The second-order valence-corrected chi connectivity index (χ2v) is 7.72. The smallest absolute Gasteiger partial charge is 0.312 e. The van der Waals surface area contributed by atoms with E-state index in [2.05, 4.69) is 10.3 Å². The van der Waals surface area contributed by atoms with Crippen molar-refractivity contribution >= 4 is 23.2 Å². The summed E-state index contributed by atoms with van der Waals surface area (Å²) in [6.45, 7) is 8.48. The minimum atomic E-state index is -0.820. The number of aryl methyl sites for hydroxylation is 1. The molecule has 1 unspecified atom stereocenters. The Kier molecular flexibility index (Phi) is 7.79. The fraction of sp³-hybridized carbons (Fsp3) is 0.450. The summed E-state index contributed by atoms with van der Waals surface area (Å²) in [7, 11) is 0. The number of hydrogen-bond acceptors (Lipinski definition) is 6. The van der Waals surface area contributed by atoms with E-state index in [9.17, 15) is 9.59 Å². The van der Waals surface area contributed by atoms with Crippen LogP contribution in [0, 0.1) is 12.8 Å². The van der Waals surface area contributed by atoms with E-state index in [1.807, 2.05) is 45.0 Å². The highest BCUT2D eigenvalue weighted by atomic mass is 32.1. The number of carbonyl (C=O) groups is 2. The van der Waals surface area contributed by atoms with Gasteiger partial charge < -0.3 is 14.8 Å². The lowest BCUT2D eigenvalue weighted by Crippen LogP contribution is -2.37. The van der Waals surface area contributed by atoms with Gasteiger partial charge in [0.05, 0.1) is 12.1 Å². The number of thiazole rings is 1. The summed E-state index contributed by atoms with van der Waals surface area (Å²) in [5, 5.41) is 5.33. The van der Waals surface area contributed by atoms with E-state index >= 15 is 0 Å². The first-order valence-electron chi connectivity index (χ1n) is 8.93. The molecule has 0 fully saturated rings. The Labute approximate surface area is 163 Å². The number of esters is 1. The molecule has 0 bridgehead atoms. The Morgan fingerprint density at radius 2 is 1.89 bits per heavy atom. The van der Waals surface area contributed by atoms with Crippen LogP contribution in [-0.4, -0.2) is 29.5 Å². The minimum Gasteiger partial charge on any atom is -0.486 e. The summed E-state index contributed by atoms with van der Waals surface area (Å²) in [4.78, 5) is 28.3. The molecule has 1 aromatic heterocycles. The van der Waals surface area contributed by atoms with Crippen LogP contribution in [0.3, 0.4) is 0 Å². The summed E-state index contributed by atoms with van der Waals surface area (Å²) >= 11 is 1.43. The largest absolute Gasteiger partial charge is 0.486 e. The van der Waals surface area contributed by atoms with Crippen molar-refractivity contribution in [1.82, 2.24) is 10.3 Å². The van der Waals surface area contributed by atoms with E-state index in [0.29, 0.717) is 24.8 Å². The third-order valence-electron chi connectivity index (χ3n) is 3.67. The van der Waals surface area contributed by atoms with Crippen LogP contribution in [-0.2, 0) is 27.4 Å². The van der Waals surface area contributed by atoms with E-state index in [-0.39, 0.29) is 12.3 Å². The molecule has 2 rings (SSSR count). The molecule has 146 valence electrons. The molecule has 1 heterocycles. The minimum absolute atomic E-state index is 0.0306. The molecule has 27 heavy (non-hydrogen) atoms. The van der Waals surface area contributed by atoms with E-state index in [1.165, 1.54) is 16.9 Å². The van der Waals surface area contributed by atoms with Gasteiger partial charge in [-0.2, -0.15) is 0 Å². The van der Waals surface area contributed by atoms with Gasteiger partial charge in [-0.25, -0.2) is 4.98 Å². The van der Waals surface area contributed by atoms with Gasteiger partial charge >= 0.3 is 5.97 Å². The van der Waals surface area contributed by atoms with Crippen molar-refractivity contribution in [3.63, 3.8) is 0 Å². The van der Waals surface area contributed by atoms with Gasteiger partial charge in [0.25, 0.3) is 5.91 Å². The molecule has 1 N–H and O–H groups in total. The van der Waals surface area contributed by atoms with Crippen LogP contribution in [0.4, 0.5) is 0 Å². The lowest BCUT2D eigenvalue weighted by Gasteiger charge is -2.14. The Balaban J connectivity index is 1.77. The molecular weight excluding hydrogens is 364 g/mol. The summed E-state index contributed by atoms with van der Waals surface area (Å²) in [6.07, 6.45) is -0.790. The van der Waals surface area contributed by atoms with Crippen LogP contribution in [0.2, 0.25) is 0 Å². The Morgan fingerprint density at radius 1 is 1.19 bits per heavy atom. The second-order valence-electron chi connectivity index (χ2n) is 6.78. The van der Waals surface area contributed by atoms with E-state index in [0.717, 1.165) is 10.8 Å². The van der Waals surface area contributed by atoms with Gasteiger partial charge in [-0.15, -0.1) is 11.3 Å². The average molecular weight is 391 g/mol. The number of ether oxygens (including phenoxy) is 2.